The van der Waals surface area contributed by atoms with Crippen LogP contribution in [0, 0.1) is 0 Å². The number of rotatable bonds is 4. The minimum absolute atomic E-state index is 0.219. The van der Waals surface area contributed by atoms with Gasteiger partial charge in [0.15, 0.2) is 6.10 Å². The molecule has 3 aromatic carbocycles. The molecule has 28 heavy (non-hydrogen) atoms. The van der Waals surface area contributed by atoms with Crippen molar-refractivity contribution in [3.8, 4) is 11.1 Å². The number of halogens is 2. The second-order valence-electron chi connectivity index (χ2n) is 6.35. The van der Waals surface area contributed by atoms with E-state index in [1.165, 1.54) is 12.1 Å². The summed E-state index contributed by atoms with van der Waals surface area (Å²) in [5, 5.41) is 3.19. The molecule has 1 amide bonds. The summed E-state index contributed by atoms with van der Waals surface area (Å²) in [6.45, 7) is -0.265. The maximum absolute atomic E-state index is 12.4. The second kappa shape index (κ2) is 7.66. The Morgan fingerprint density at radius 1 is 0.893 bits per heavy atom. The number of carbonyl (C=O) groups excluding carboxylic acids is 2. The topological polar surface area (TPSA) is 55.4 Å². The summed E-state index contributed by atoms with van der Waals surface area (Å²) in [7, 11) is 0. The highest BCUT2D eigenvalue weighted by atomic mass is 35.5. The fourth-order valence-corrected chi connectivity index (χ4v) is 3.83. The molecule has 0 aromatic heterocycles. The van der Waals surface area contributed by atoms with Crippen molar-refractivity contribution in [3.05, 3.63) is 93.5 Å². The average molecular weight is 412 g/mol. The van der Waals surface area contributed by atoms with Crippen LogP contribution in [0.15, 0.2) is 66.7 Å². The van der Waals surface area contributed by atoms with E-state index in [1.807, 2.05) is 48.5 Å². The number of benzene rings is 3. The van der Waals surface area contributed by atoms with Crippen molar-refractivity contribution in [2.45, 2.75) is 6.10 Å². The normalized spacial score (nSPS) is 12.2. The fourth-order valence-electron chi connectivity index (χ4n) is 3.33. The first-order valence-electron chi connectivity index (χ1n) is 8.65. The zero-order valence-electron chi connectivity index (χ0n) is 14.6. The van der Waals surface area contributed by atoms with E-state index in [2.05, 4.69) is 5.32 Å². The van der Waals surface area contributed by atoms with Gasteiger partial charge in [-0.25, -0.2) is 0 Å². The number of esters is 1. The Kier molecular flexibility index (Phi) is 5.07. The standard InChI is InChI=1S/C22H15Cl2NO3/c23-13-9-10-18(19(24)11-13)22(27)25-12-20(26)28-21-16-7-3-1-5-14(16)15-6-2-4-8-17(15)21/h1-11,21H,12H2,(H,25,27). The number of ether oxygens (including phenoxy) is 1. The van der Waals surface area contributed by atoms with E-state index < -0.39 is 18.0 Å². The first-order valence-corrected chi connectivity index (χ1v) is 9.41. The highest BCUT2D eigenvalue weighted by molar-refractivity contribution is 6.36. The minimum atomic E-state index is -0.532. The van der Waals surface area contributed by atoms with Crippen molar-refractivity contribution >= 4 is 35.1 Å². The number of nitrogens with one attached hydrogen (secondary N) is 1. The Balaban J connectivity index is 1.46. The van der Waals surface area contributed by atoms with E-state index in [4.69, 9.17) is 27.9 Å². The number of hydrogen-bond acceptors (Lipinski definition) is 3. The SMILES string of the molecule is O=C(CNC(=O)c1ccc(Cl)cc1Cl)OC1c2ccccc2-c2ccccc21. The van der Waals surface area contributed by atoms with Crippen LogP contribution in [0.2, 0.25) is 10.0 Å². The molecule has 0 radical (unpaired) electrons. The van der Waals surface area contributed by atoms with Gasteiger partial charge >= 0.3 is 5.97 Å². The summed E-state index contributed by atoms with van der Waals surface area (Å²) < 4.78 is 5.69. The van der Waals surface area contributed by atoms with Gasteiger partial charge in [-0.15, -0.1) is 0 Å². The molecular formula is C22H15Cl2NO3. The lowest BCUT2D eigenvalue weighted by atomic mass is 10.1. The molecule has 4 nitrogen and oxygen atoms in total. The van der Waals surface area contributed by atoms with Gasteiger partial charge < -0.3 is 10.1 Å². The van der Waals surface area contributed by atoms with Crippen LogP contribution >= 0.6 is 23.2 Å². The smallest absolute Gasteiger partial charge is 0.326 e. The van der Waals surface area contributed by atoms with Crippen molar-refractivity contribution in [1.29, 1.82) is 0 Å². The summed E-state index contributed by atoms with van der Waals surface area (Å²) in [6.07, 6.45) is -0.490. The third kappa shape index (κ3) is 3.49. The number of hydrogen-bond donors (Lipinski definition) is 1. The highest BCUT2D eigenvalue weighted by Gasteiger charge is 2.31. The molecule has 0 saturated carbocycles. The lowest BCUT2D eigenvalue weighted by molar-refractivity contribution is -0.146. The van der Waals surface area contributed by atoms with Gasteiger partial charge in [-0.1, -0.05) is 71.7 Å². The second-order valence-corrected chi connectivity index (χ2v) is 7.19. The van der Waals surface area contributed by atoms with Gasteiger partial charge in [-0.05, 0) is 29.3 Å². The van der Waals surface area contributed by atoms with Crippen LogP contribution in [0.5, 0.6) is 0 Å². The molecule has 4 rings (SSSR count). The molecule has 0 spiro atoms. The van der Waals surface area contributed by atoms with Gasteiger partial charge in [0.2, 0.25) is 0 Å². The highest BCUT2D eigenvalue weighted by Crippen LogP contribution is 2.44. The molecule has 3 aromatic rings. The number of fused-ring (bicyclic) bond motifs is 3. The van der Waals surface area contributed by atoms with E-state index in [1.54, 1.807) is 6.07 Å². The molecule has 0 aliphatic heterocycles. The van der Waals surface area contributed by atoms with Crippen molar-refractivity contribution in [1.82, 2.24) is 5.32 Å². The van der Waals surface area contributed by atoms with Crippen LogP contribution < -0.4 is 5.32 Å². The van der Waals surface area contributed by atoms with Gasteiger partial charge in [0.05, 0.1) is 10.6 Å². The average Bonchev–Trinajstić information content (AvgIpc) is 3.00. The molecule has 1 aliphatic carbocycles. The largest absolute Gasteiger partial charge is 0.451 e. The van der Waals surface area contributed by atoms with Gasteiger partial charge in [0, 0.05) is 16.1 Å². The zero-order valence-corrected chi connectivity index (χ0v) is 16.1. The van der Waals surface area contributed by atoms with Crippen LogP contribution in [-0.2, 0) is 9.53 Å². The van der Waals surface area contributed by atoms with Crippen LogP contribution in [0.1, 0.15) is 27.6 Å². The summed E-state index contributed by atoms with van der Waals surface area (Å²) >= 11 is 11.9. The van der Waals surface area contributed by atoms with E-state index in [0.717, 1.165) is 22.3 Å². The maximum Gasteiger partial charge on any atom is 0.326 e. The first-order chi connectivity index (χ1) is 13.5. The Morgan fingerprint density at radius 3 is 2.11 bits per heavy atom. The molecule has 0 bridgehead atoms. The summed E-state index contributed by atoms with van der Waals surface area (Å²) in [5.41, 5.74) is 4.21. The molecule has 0 saturated heterocycles. The van der Waals surface area contributed by atoms with Crippen LogP contribution in [0.25, 0.3) is 11.1 Å². The quantitative estimate of drug-likeness (QED) is 0.612. The molecule has 0 heterocycles. The van der Waals surface area contributed by atoms with Crippen LogP contribution in [-0.4, -0.2) is 18.4 Å². The maximum atomic E-state index is 12.4. The van der Waals surface area contributed by atoms with Crippen LogP contribution in [0.3, 0.4) is 0 Å². The molecule has 1 aliphatic rings. The van der Waals surface area contributed by atoms with Crippen molar-refractivity contribution in [2.75, 3.05) is 6.54 Å². The van der Waals surface area contributed by atoms with Crippen molar-refractivity contribution in [3.63, 3.8) is 0 Å². The predicted molar refractivity (Wildman–Crippen MR) is 109 cm³/mol. The lowest BCUT2D eigenvalue weighted by Gasteiger charge is -2.15. The van der Waals surface area contributed by atoms with Gasteiger partial charge in [0.25, 0.3) is 5.91 Å². The van der Waals surface area contributed by atoms with E-state index in [0.29, 0.717) is 5.02 Å². The molecule has 140 valence electrons. The predicted octanol–water partition coefficient (Wildman–Crippen LogP) is 5.04. The van der Waals surface area contributed by atoms with Gasteiger partial charge in [-0.3, -0.25) is 9.59 Å². The molecule has 0 fully saturated rings. The zero-order chi connectivity index (χ0) is 19.7. The number of amides is 1. The fraction of sp³-hybridized carbons (Fsp3) is 0.0909. The van der Waals surface area contributed by atoms with E-state index in [-0.39, 0.29) is 17.1 Å². The molecular weight excluding hydrogens is 397 g/mol. The summed E-state index contributed by atoms with van der Waals surface area (Å²) in [6, 6.07) is 20.2. The third-order valence-corrected chi connectivity index (χ3v) is 5.14. The van der Waals surface area contributed by atoms with Gasteiger partial charge in [0.1, 0.15) is 6.54 Å². The molecule has 6 heteroatoms. The summed E-state index contributed by atoms with van der Waals surface area (Å²) in [4.78, 5) is 24.7. The summed E-state index contributed by atoms with van der Waals surface area (Å²) in [5.74, 6) is -0.999. The van der Waals surface area contributed by atoms with Gasteiger partial charge in [-0.2, -0.15) is 0 Å². The minimum Gasteiger partial charge on any atom is -0.451 e. The molecule has 0 unspecified atom stereocenters. The Morgan fingerprint density at radius 2 is 1.50 bits per heavy atom. The van der Waals surface area contributed by atoms with Crippen molar-refractivity contribution < 1.29 is 14.3 Å². The van der Waals surface area contributed by atoms with Crippen LogP contribution in [0.4, 0.5) is 0 Å². The Labute approximate surface area is 172 Å². The van der Waals surface area contributed by atoms with Crippen molar-refractivity contribution in [2.24, 2.45) is 0 Å². The number of carbonyl (C=O) groups is 2. The Bertz CT molecular complexity index is 1040. The lowest BCUT2D eigenvalue weighted by Crippen LogP contribution is -2.31. The monoisotopic (exact) mass is 411 g/mol. The first kappa shape index (κ1) is 18.5. The molecule has 1 N–H and O–H groups in total. The molecule has 0 atom stereocenters. The Hall–Kier alpha value is -2.82. The third-order valence-electron chi connectivity index (χ3n) is 4.60. The van der Waals surface area contributed by atoms with E-state index >= 15 is 0 Å². The van der Waals surface area contributed by atoms with E-state index in [9.17, 15) is 9.59 Å².